The number of hydrogen-bond acceptors (Lipinski definition) is 6. The van der Waals surface area contributed by atoms with Crippen molar-refractivity contribution < 1.29 is 27.5 Å². The third-order valence-corrected chi connectivity index (χ3v) is 3.93. The number of amides is 2. The van der Waals surface area contributed by atoms with E-state index in [4.69, 9.17) is 0 Å². The average Bonchev–Trinajstić information content (AvgIpc) is 2.91. The van der Waals surface area contributed by atoms with Crippen LogP contribution in [0.1, 0.15) is 13.3 Å². The summed E-state index contributed by atoms with van der Waals surface area (Å²) in [5, 5.41) is 7.82. The van der Waals surface area contributed by atoms with E-state index >= 15 is 0 Å². The van der Waals surface area contributed by atoms with E-state index in [1.54, 1.807) is 6.92 Å². The maximum Gasteiger partial charge on any atom is 0.573 e. The van der Waals surface area contributed by atoms with Gasteiger partial charge in [0.05, 0.1) is 10.2 Å². The highest BCUT2D eigenvalue weighted by Crippen LogP contribution is 2.31. The zero-order chi connectivity index (χ0) is 18.6. The highest BCUT2D eigenvalue weighted by molar-refractivity contribution is 7.22. The number of carbonyl (C=O) groups is 2. The number of alkyl halides is 3. The van der Waals surface area contributed by atoms with Crippen molar-refractivity contribution in [1.29, 1.82) is 0 Å². The molecule has 136 valence electrons. The highest BCUT2D eigenvalue weighted by atomic mass is 32.1. The van der Waals surface area contributed by atoms with Gasteiger partial charge in [-0.2, -0.15) is 0 Å². The standard InChI is InChI=1S/C14H15F3N4O3S/c1-3-10(22)20-11(18-2)12(23)21-13-19-8-5-4-7(6-9(8)25-13)24-14(15,16)17/h4-6,11,18H,3H2,1-2H3,(H,20,22)(H,19,21,23)/t11-/m0/s1. The average molecular weight is 376 g/mol. The number of rotatable bonds is 6. The molecule has 0 saturated heterocycles. The summed E-state index contributed by atoms with van der Waals surface area (Å²) in [5.41, 5.74) is 0.411. The van der Waals surface area contributed by atoms with Crippen LogP contribution in [0.25, 0.3) is 10.2 Å². The summed E-state index contributed by atoms with van der Waals surface area (Å²) in [5.74, 6) is -1.23. The first-order chi connectivity index (χ1) is 11.7. The Bertz CT molecular complexity index is 778. The molecule has 2 rings (SSSR count). The minimum atomic E-state index is -4.78. The number of carbonyl (C=O) groups excluding carboxylic acids is 2. The fourth-order valence-electron chi connectivity index (χ4n) is 1.86. The highest BCUT2D eigenvalue weighted by Gasteiger charge is 2.31. The van der Waals surface area contributed by atoms with Crippen LogP contribution in [0.15, 0.2) is 18.2 Å². The molecule has 11 heteroatoms. The SMILES string of the molecule is CCC(=O)N[C@H](NC)C(=O)Nc1nc2ccc(OC(F)(F)F)cc2s1. The molecule has 0 spiro atoms. The molecule has 0 aliphatic carbocycles. The summed E-state index contributed by atoms with van der Waals surface area (Å²) < 4.78 is 41.0. The minimum absolute atomic E-state index is 0.190. The van der Waals surface area contributed by atoms with Gasteiger partial charge in [0, 0.05) is 12.5 Å². The zero-order valence-electron chi connectivity index (χ0n) is 13.2. The van der Waals surface area contributed by atoms with Gasteiger partial charge in [-0.05, 0) is 19.2 Å². The molecular weight excluding hydrogens is 361 g/mol. The first-order valence-electron chi connectivity index (χ1n) is 7.15. The lowest BCUT2D eigenvalue weighted by Gasteiger charge is -2.16. The van der Waals surface area contributed by atoms with E-state index in [0.29, 0.717) is 10.2 Å². The molecule has 0 fully saturated rings. The van der Waals surface area contributed by atoms with Gasteiger partial charge in [0.25, 0.3) is 5.91 Å². The fourth-order valence-corrected chi connectivity index (χ4v) is 2.76. The predicted octanol–water partition coefficient (Wildman–Crippen LogP) is 2.21. The minimum Gasteiger partial charge on any atom is -0.406 e. The molecule has 2 amide bonds. The quantitative estimate of drug-likeness (QED) is 0.673. The van der Waals surface area contributed by atoms with Crippen LogP contribution < -0.4 is 20.7 Å². The van der Waals surface area contributed by atoms with Crippen LogP contribution in [0.2, 0.25) is 0 Å². The molecular formula is C14H15F3N4O3S. The van der Waals surface area contributed by atoms with Crippen LogP contribution in [0.3, 0.4) is 0 Å². The van der Waals surface area contributed by atoms with Crippen molar-refractivity contribution in [1.82, 2.24) is 15.6 Å². The van der Waals surface area contributed by atoms with E-state index in [1.807, 2.05) is 0 Å². The third kappa shape index (κ3) is 5.29. The fraction of sp³-hybridized carbons (Fsp3) is 0.357. The van der Waals surface area contributed by atoms with Crippen LogP contribution in [0.5, 0.6) is 5.75 Å². The molecule has 2 aromatic rings. The number of halogens is 3. The number of hydrogen-bond donors (Lipinski definition) is 3. The molecule has 1 aromatic carbocycles. The van der Waals surface area contributed by atoms with Crippen molar-refractivity contribution in [2.24, 2.45) is 0 Å². The van der Waals surface area contributed by atoms with Crippen LogP contribution >= 0.6 is 11.3 Å². The van der Waals surface area contributed by atoms with Gasteiger partial charge in [-0.1, -0.05) is 18.3 Å². The van der Waals surface area contributed by atoms with E-state index in [1.165, 1.54) is 19.2 Å². The van der Waals surface area contributed by atoms with E-state index in [-0.39, 0.29) is 23.2 Å². The molecule has 3 N–H and O–H groups in total. The Morgan fingerprint density at radius 2 is 2.08 bits per heavy atom. The van der Waals surface area contributed by atoms with Gasteiger partial charge in [-0.3, -0.25) is 20.2 Å². The zero-order valence-corrected chi connectivity index (χ0v) is 14.0. The van der Waals surface area contributed by atoms with Gasteiger partial charge in [0.2, 0.25) is 5.91 Å². The van der Waals surface area contributed by atoms with Gasteiger partial charge in [-0.15, -0.1) is 13.2 Å². The summed E-state index contributed by atoms with van der Waals surface area (Å²) in [6.45, 7) is 1.65. The largest absolute Gasteiger partial charge is 0.573 e. The molecule has 0 bridgehead atoms. The summed E-state index contributed by atoms with van der Waals surface area (Å²) in [4.78, 5) is 27.6. The van der Waals surface area contributed by atoms with Gasteiger partial charge in [-0.25, -0.2) is 4.98 Å². The monoisotopic (exact) mass is 376 g/mol. The number of nitrogens with one attached hydrogen (secondary N) is 3. The molecule has 0 saturated carbocycles. The normalized spacial score (nSPS) is 12.7. The maximum atomic E-state index is 12.2. The maximum absolute atomic E-state index is 12.2. The second kappa shape index (κ2) is 7.66. The van der Waals surface area contributed by atoms with E-state index in [9.17, 15) is 22.8 Å². The number of likely N-dealkylation sites (N-methyl/N-ethyl adjacent to an activating group) is 1. The van der Waals surface area contributed by atoms with Gasteiger partial charge in [0.1, 0.15) is 5.75 Å². The lowest BCUT2D eigenvalue weighted by atomic mass is 10.3. The number of fused-ring (bicyclic) bond motifs is 1. The van der Waals surface area contributed by atoms with Crippen molar-refractivity contribution >= 4 is 38.5 Å². The molecule has 1 atom stereocenters. The smallest absolute Gasteiger partial charge is 0.406 e. The van der Waals surface area contributed by atoms with Crippen LogP contribution in [0, 0.1) is 0 Å². The van der Waals surface area contributed by atoms with Gasteiger partial charge >= 0.3 is 6.36 Å². The molecule has 0 aliphatic rings. The lowest BCUT2D eigenvalue weighted by Crippen LogP contribution is -2.51. The Morgan fingerprint density at radius 1 is 1.36 bits per heavy atom. The second-order valence-corrected chi connectivity index (χ2v) is 5.86. The Hall–Kier alpha value is -2.40. The van der Waals surface area contributed by atoms with Crippen molar-refractivity contribution in [3.05, 3.63) is 18.2 Å². The Morgan fingerprint density at radius 3 is 2.68 bits per heavy atom. The summed E-state index contributed by atoms with van der Waals surface area (Å²) >= 11 is 0.987. The lowest BCUT2D eigenvalue weighted by molar-refractivity contribution is -0.274. The molecule has 1 aromatic heterocycles. The van der Waals surface area contributed by atoms with Crippen LogP contribution in [0.4, 0.5) is 18.3 Å². The molecule has 0 unspecified atom stereocenters. The molecule has 7 nitrogen and oxygen atoms in total. The predicted molar refractivity (Wildman–Crippen MR) is 86.2 cm³/mol. The molecule has 0 radical (unpaired) electrons. The Labute approximate surface area is 144 Å². The Kier molecular flexibility index (Phi) is 5.80. The van der Waals surface area contributed by atoms with E-state index < -0.39 is 18.4 Å². The second-order valence-electron chi connectivity index (χ2n) is 4.83. The Balaban J connectivity index is 2.13. The number of nitrogens with zero attached hydrogens (tertiary/aromatic N) is 1. The van der Waals surface area contributed by atoms with Crippen molar-refractivity contribution in [2.45, 2.75) is 25.9 Å². The summed E-state index contributed by atoms with van der Waals surface area (Å²) in [6, 6.07) is 3.68. The van der Waals surface area contributed by atoms with Crippen LogP contribution in [-0.2, 0) is 9.59 Å². The summed E-state index contributed by atoms with van der Waals surface area (Å²) in [6.07, 6.45) is -5.52. The first-order valence-corrected chi connectivity index (χ1v) is 7.97. The molecule has 0 aliphatic heterocycles. The number of ether oxygens (including phenoxy) is 1. The van der Waals surface area contributed by atoms with Gasteiger partial charge in [0.15, 0.2) is 11.3 Å². The van der Waals surface area contributed by atoms with E-state index in [0.717, 1.165) is 17.4 Å². The molecule has 25 heavy (non-hydrogen) atoms. The van der Waals surface area contributed by atoms with Gasteiger partial charge < -0.3 is 10.1 Å². The number of aromatic nitrogens is 1. The van der Waals surface area contributed by atoms with Crippen molar-refractivity contribution in [3.8, 4) is 5.75 Å². The number of benzene rings is 1. The topological polar surface area (TPSA) is 92.4 Å². The van der Waals surface area contributed by atoms with Crippen molar-refractivity contribution in [2.75, 3.05) is 12.4 Å². The van der Waals surface area contributed by atoms with Crippen LogP contribution in [-0.4, -0.2) is 36.4 Å². The number of thiazole rings is 1. The first kappa shape index (κ1) is 18.9. The number of anilines is 1. The third-order valence-electron chi connectivity index (χ3n) is 3.00. The molecule has 1 heterocycles. The van der Waals surface area contributed by atoms with E-state index in [2.05, 4.69) is 25.7 Å². The summed E-state index contributed by atoms with van der Waals surface area (Å²) in [7, 11) is 1.50. The van der Waals surface area contributed by atoms with Crippen molar-refractivity contribution in [3.63, 3.8) is 0 Å².